The van der Waals surface area contributed by atoms with Crippen molar-refractivity contribution >= 4 is 11.2 Å². The molecule has 1 atom stereocenters. The van der Waals surface area contributed by atoms with Crippen molar-refractivity contribution < 1.29 is 4.55 Å². The monoisotopic (exact) mass is 198 g/mol. The van der Waals surface area contributed by atoms with Crippen LogP contribution in [0.5, 0.6) is 0 Å². The van der Waals surface area contributed by atoms with Crippen molar-refractivity contribution in [3.05, 3.63) is 17.5 Å². The summed E-state index contributed by atoms with van der Waals surface area (Å²) in [6, 6.07) is 0. The molecule has 0 aliphatic carbocycles. The molecule has 3 nitrogen and oxygen atoms in total. The van der Waals surface area contributed by atoms with E-state index >= 15 is 0 Å². The summed E-state index contributed by atoms with van der Waals surface area (Å²) in [5.74, 6) is 0.416. The van der Waals surface area contributed by atoms with Crippen molar-refractivity contribution in [3.63, 3.8) is 0 Å². The molecule has 0 N–H and O–H groups in total. The number of nitrogens with zero attached hydrogens (tertiary/aromatic N) is 2. The van der Waals surface area contributed by atoms with Crippen LogP contribution in [0.1, 0.15) is 31.0 Å². The van der Waals surface area contributed by atoms with Crippen molar-refractivity contribution in [3.8, 4) is 0 Å². The van der Waals surface area contributed by atoms with E-state index in [1.54, 1.807) is 12.5 Å². The van der Waals surface area contributed by atoms with Crippen molar-refractivity contribution in [2.24, 2.45) is 0 Å². The number of aromatic nitrogens is 2. The van der Waals surface area contributed by atoms with Crippen LogP contribution in [0.25, 0.3) is 0 Å². The van der Waals surface area contributed by atoms with Crippen LogP contribution in [-0.4, -0.2) is 20.8 Å². The molecule has 1 aromatic heterocycles. The molecule has 0 spiro atoms. The van der Waals surface area contributed by atoms with E-state index in [1.165, 1.54) is 0 Å². The maximum absolute atomic E-state index is 11.1. The summed E-state index contributed by atoms with van der Waals surface area (Å²) < 4.78 is 11.1. The molecular formula is C9H14N2OS. The highest BCUT2D eigenvalue weighted by atomic mass is 32.2. The second-order valence-electron chi connectivity index (χ2n) is 3.30. The fraction of sp³-hybridized carbons (Fsp3) is 0.556. The highest BCUT2D eigenvalue weighted by molar-refractivity contribution is 7.90. The van der Waals surface area contributed by atoms with E-state index in [9.17, 15) is 4.55 Å². The smallest absolute Gasteiger partial charge is 0.342 e. The fourth-order valence-corrected chi connectivity index (χ4v) is 1.63. The topological polar surface area (TPSA) is 48.8 Å². The summed E-state index contributed by atoms with van der Waals surface area (Å²) in [5.41, 5.74) is 2.05. The Labute approximate surface area is 81.8 Å². The van der Waals surface area contributed by atoms with E-state index in [0.29, 0.717) is 11.1 Å². The van der Waals surface area contributed by atoms with Crippen molar-refractivity contribution in [1.29, 1.82) is 0 Å². The highest BCUT2D eigenvalue weighted by Gasteiger charge is 2.12. The summed E-state index contributed by atoms with van der Waals surface area (Å²) in [6.45, 7) is 6.11. The Kier molecular flexibility index (Phi) is 3.27. The molecule has 1 heterocycles. The minimum Gasteiger partial charge on any atom is -0.609 e. The Balaban J connectivity index is 3.06. The summed E-state index contributed by atoms with van der Waals surface area (Å²) in [4.78, 5) is 8.23. The lowest BCUT2D eigenvalue weighted by Gasteiger charge is -2.09. The number of hydrogen-bond donors (Lipinski definition) is 0. The first kappa shape index (κ1) is 10.5. The van der Waals surface area contributed by atoms with E-state index < -0.39 is 11.2 Å². The minimum atomic E-state index is -1.08. The Morgan fingerprint density at radius 1 is 1.46 bits per heavy atom. The molecule has 0 saturated carbocycles. The lowest BCUT2D eigenvalue weighted by molar-refractivity contribution is 0.590. The molecule has 0 fully saturated rings. The standard InChI is InChI=1S/C9H14N2OS/c1-6(2)8-5-10-9(13(4)12)11-7(8)3/h5-6H,1-4H3. The zero-order valence-electron chi connectivity index (χ0n) is 8.37. The van der Waals surface area contributed by atoms with Crippen LogP contribution < -0.4 is 0 Å². The Morgan fingerprint density at radius 2 is 2.08 bits per heavy atom. The Hall–Kier alpha value is -0.610. The van der Waals surface area contributed by atoms with Gasteiger partial charge in [0.05, 0.1) is 0 Å². The van der Waals surface area contributed by atoms with Crippen LogP contribution in [0, 0.1) is 6.92 Å². The second-order valence-corrected chi connectivity index (χ2v) is 4.58. The molecule has 1 unspecified atom stereocenters. The van der Waals surface area contributed by atoms with Gasteiger partial charge in [0.25, 0.3) is 0 Å². The van der Waals surface area contributed by atoms with Crippen LogP contribution in [0.2, 0.25) is 0 Å². The average Bonchev–Trinajstić information content (AvgIpc) is 2.03. The van der Waals surface area contributed by atoms with E-state index in [2.05, 4.69) is 23.8 Å². The summed E-state index contributed by atoms with van der Waals surface area (Å²) >= 11 is -1.08. The molecule has 1 rings (SSSR count). The minimum absolute atomic E-state index is 0.416. The van der Waals surface area contributed by atoms with Crippen molar-refractivity contribution in [2.45, 2.75) is 31.8 Å². The highest BCUT2D eigenvalue weighted by Crippen LogP contribution is 2.16. The molecule has 0 aliphatic heterocycles. The van der Waals surface area contributed by atoms with Gasteiger partial charge in [0, 0.05) is 23.1 Å². The quantitative estimate of drug-likeness (QED) is 0.536. The van der Waals surface area contributed by atoms with Gasteiger partial charge in [-0.3, -0.25) is 0 Å². The van der Waals surface area contributed by atoms with Gasteiger partial charge in [-0.1, -0.05) is 13.8 Å². The van der Waals surface area contributed by atoms with Crippen LogP contribution in [0.3, 0.4) is 0 Å². The van der Waals surface area contributed by atoms with Crippen LogP contribution >= 0.6 is 0 Å². The Morgan fingerprint density at radius 3 is 2.46 bits per heavy atom. The lowest BCUT2D eigenvalue weighted by atomic mass is 10.0. The fourth-order valence-electron chi connectivity index (χ4n) is 1.16. The predicted octanol–water partition coefficient (Wildman–Crippen LogP) is 1.65. The van der Waals surface area contributed by atoms with Gasteiger partial charge in [-0.25, -0.2) is 0 Å². The molecule has 0 amide bonds. The van der Waals surface area contributed by atoms with Crippen LogP contribution in [-0.2, 0) is 11.2 Å². The van der Waals surface area contributed by atoms with E-state index in [1.807, 2.05) is 6.92 Å². The molecule has 13 heavy (non-hydrogen) atoms. The maximum Gasteiger partial charge on any atom is 0.342 e. The van der Waals surface area contributed by atoms with Gasteiger partial charge < -0.3 is 4.55 Å². The largest absolute Gasteiger partial charge is 0.609 e. The van der Waals surface area contributed by atoms with Gasteiger partial charge in [-0.2, -0.15) is 9.97 Å². The van der Waals surface area contributed by atoms with Crippen LogP contribution in [0.4, 0.5) is 0 Å². The molecule has 0 aliphatic rings. The third-order valence-electron chi connectivity index (χ3n) is 1.87. The molecular weight excluding hydrogens is 184 g/mol. The zero-order valence-corrected chi connectivity index (χ0v) is 9.18. The third-order valence-corrected chi connectivity index (χ3v) is 2.59. The van der Waals surface area contributed by atoms with E-state index in [-0.39, 0.29) is 0 Å². The molecule has 1 aromatic rings. The second kappa shape index (κ2) is 4.07. The first-order valence-corrected chi connectivity index (χ1v) is 5.75. The lowest BCUT2D eigenvalue weighted by Crippen LogP contribution is -2.07. The normalized spacial score (nSPS) is 13.4. The predicted molar refractivity (Wildman–Crippen MR) is 53.2 cm³/mol. The maximum atomic E-state index is 11.1. The molecule has 0 aromatic carbocycles. The van der Waals surface area contributed by atoms with Gasteiger partial charge in [-0.15, -0.1) is 0 Å². The van der Waals surface area contributed by atoms with Gasteiger partial charge in [0.2, 0.25) is 0 Å². The number of aryl methyl sites for hydroxylation is 1. The molecule has 72 valence electrons. The molecule has 4 heteroatoms. The van der Waals surface area contributed by atoms with E-state index in [0.717, 1.165) is 11.3 Å². The molecule has 0 saturated heterocycles. The SMILES string of the molecule is Cc1nc([S+](C)[O-])ncc1C(C)C. The summed E-state index contributed by atoms with van der Waals surface area (Å²) in [7, 11) is 0. The van der Waals surface area contributed by atoms with Gasteiger partial charge >= 0.3 is 5.16 Å². The van der Waals surface area contributed by atoms with Crippen molar-refractivity contribution in [1.82, 2.24) is 9.97 Å². The average molecular weight is 198 g/mol. The summed E-state index contributed by atoms with van der Waals surface area (Å²) in [6.07, 6.45) is 3.35. The first-order chi connectivity index (χ1) is 6.02. The van der Waals surface area contributed by atoms with Crippen molar-refractivity contribution in [2.75, 3.05) is 6.26 Å². The zero-order chi connectivity index (χ0) is 10.0. The van der Waals surface area contributed by atoms with E-state index in [4.69, 9.17) is 0 Å². The molecule has 0 radical (unpaired) electrons. The number of rotatable bonds is 2. The molecule has 0 bridgehead atoms. The Bertz CT molecular complexity index is 300. The van der Waals surface area contributed by atoms with Gasteiger partial charge in [0.1, 0.15) is 6.26 Å². The third kappa shape index (κ3) is 2.42. The first-order valence-electron chi connectivity index (χ1n) is 4.19. The number of hydrogen-bond acceptors (Lipinski definition) is 3. The van der Waals surface area contributed by atoms with Gasteiger partial charge in [-0.05, 0) is 18.4 Å². The van der Waals surface area contributed by atoms with Gasteiger partial charge in [0.15, 0.2) is 0 Å². The van der Waals surface area contributed by atoms with Crippen LogP contribution in [0.15, 0.2) is 11.4 Å². The summed E-state index contributed by atoms with van der Waals surface area (Å²) in [5, 5.41) is 0.418.